The molecule has 4 rings (SSSR count). The van der Waals surface area contributed by atoms with Gasteiger partial charge in [-0.1, -0.05) is 0 Å². The molecule has 3 aromatic rings. The van der Waals surface area contributed by atoms with E-state index in [1.807, 2.05) is 6.92 Å². The highest BCUT2D eigenvalue weighted by Gasteiger charge is 2.29. The van der Waals surface area contributed by atoms with Gasteiger partial charge >= 0.3 is 0 Å². The quantitative estimate of drug-likeness (QED) is 0.323. The third kappa shape index (κ3) is 6.34. The molecule has 2 heterocycles. The molecule has 0 aliphatic heterocycles. The number of rotatable bonds is 10. The number of aryl methyl sites for hydroxylation is 2. The molecule has 1 saturated carbocycles. The zero-order chi connectivity index (χ0) is 27.6. The Labute approximate surface area is 220 Å². The average Bonchev–Trinajstić information content (AvgIpc) is 3.66. The highest BCUT2D eigenvalue weighted by Crippen LogP contribution is 2.45. The summed E-state index contributed by atoms with van der Waals surface area (Å²) >= 11 is 0. The zero-order valence-electron chi connectivity index (χ0n) is 21.8. The molecule has 1 aliphatic carbocycles. The number of halogens is 1. The maximum absolute atomic E-state index is 15.1. The molecule has 13 heteroatoms. The van der Waals surface area contributed by atoms with Crippen LogP contribution in [0.4, 0.5) is 33.1 Å². The fraction of sp³-hybridized carbons (Fsp3) is 0.360. The largest absolute Gasteiger partial charge is 0.353 e. The van der Waals surface area contributed by atoms with E-state index in [-0.39, 0.29) is 35.2 Å². The van der Waals surface area contributed by atoms with Crippen LogP contribution in [0.3, 0.4) is 0 Å². The van der Waals surface area contributed by atoms with E-state index in [4.69, 9.17) is 4.84 Å². The second-order valence-corrected chi connectivity index (χ2v) is 11.1. The van der Waals surface area contributed by atoms with Gasteiger partial charge < -0.3 is 10.6 Å². The van der Waals surface area contributed by atoms with E-state index in [0.29, 0.717) is 23.0 Å². The van der Waals surface area contributed by atoms with Gasteiger partial charge in [-0.2, -0.15) is 0 Å². The van der Waals surface area contributed by atoms with Crippen LogP contribution in [0, 0.1) is 19.7 Å². The number of hydrogen-bond acceptors (Lipinski definition) is 9. The van der Waals surface area contributed by atoms with Gasteiger partial charge in [-0.3, -0.25) is 13.9 Å². The highest BCUT2D eigenvalue weighted by molar-refractivity contribution is 7.92. The fourth-order valence-electron chi connectivity index (χ4n) is 3.88. The monoisotopic (exact) mass is 543 g/mol. The van der Waals surface area contributed by atoms with Gasteiger partial charge in [0.25, 0.3) is 5.91 Å². The van der Waals surface area contributed by atoms with Gasteiger partial charge in [-0.15, -0.1) is 0 Å². The van der Waals surface area contributed by atoms with Crippen molar-refractivity contribution in [2.75, 3.05) is 34.8 Å². The van der Waals surface area contributed by atoms with Crippen LogP contribution >= 0.6 is 0 Å². The average molecular weight is 544 g/mol. The van der Waals surface area contributed by atoms with Gasteiger partial charge in [0.2, 0.25) is 10.0 Å². The van der Waals surface area contributed by atoms with Crippen LogP contribution in [0.15, 0.2) is 30.5 Å². The summed E-state index contributed by atoms with van der Waals surface area (Å²) < 4.78 is 41.0. The van der Waals surface area contributed by atoms with Crippen molar-refractivity contribution in [3.63, 3.8) is 0 Å². The molecule has 2 aromatic heterocycles. The Balaban J connectivity index is 1.78. The number of nitrogens with one attached hydrogen (secondary N) is 3. The van der Waals surface area contributed by atoms with Crippen molar-refractivity contribution < 1.29 is 22.4 Å². The SMILES string of the molecule is CCONC(=O)c1cnc(Nc2cc(C)nc(C)n2)cc1Nc1cc(F)c(C2CC2)cc1N(C)S(C)(=O)=O. The van der Waals surface area contributed by atoms with Gasteiger partial charge in [-0.25, -0.2) is 33.2 Å². The normalized spacial score (nSPS) is 13.2. The first-order valence-electron chi connectivity index (χ1n) is 12.0. The number of anilines is 5. The van der Waals surface area contributed by atoms with E-state index in [2.05, 4.69) is 31.1 Å². The minimum atomic E-state index is -3.67. The number of aromatic nitrogens is 3. The van der Waals surface area contributed by atoms with Crippen molar-refractivity contribution in [3.8, 4) is 0 Å². The standard InChI is InChI=1S/C25H30FN7O4S/c1-6-37-32-25(34)18-13-27-23(31-24-9-14(2)28-15(3)29-24)12-20(18)30-21-11-19(26)17(16-7-8-16)10-22(21)33(4)38(5,35)36/h9-13,16H,6-8H2,1-5H3,(H,32,34)(H2,27,28,29,30,31). The number of benzene rings is 1. The maximum atomic E-state index is 15.1. The summed E-state index contributed by atoms with van der Waals surface area (Å²) in [6.45, 7) is 5.56. The summed E-state index contributed by atoms with van der Waals surface area (Å²) in [6, 6.07) is 6.08. The molecule has 11 nitrogen and oxygen atoms in total. The number of carbonyl (C=O) groups is 1. The predicted octanol–water partition coefficient (Wildman–Crippen LogP) is 4.07. The Morgan fingerprint density at radius 2 is 1.84 bits per heavy atom. The van der Waals surface area contributed by atoms with Crippen LogP contribution in [-0.2, 0) is 14.9 Å². The van der Waals surface area contributed by atoms with Crippen molar-refractivity contribution in [1.29, 1.82) is 0 Å². The number of sulfonamides is 1. The summed E-state index contributed by atoms with van der Waals surface area (Å²) in [6.07, 6.45) is 4.08. The zero-order valence-corrected chi connectivity index (χ0v) is 22.6. The lowest BCUT2D eigenvalue weighted by Crippen LogP contribution is -2.26. The molecule has 0 saturated heterocycles. The van der Waals surface area contributed by atoms with Gasteiger partial charge in [0.1, 0.15) is 23.3 Å². The smallest absolute Gasteiger partial charge is 0.278 e. The lowest BCUT2D eigenvalue weighted by Gasteiger charge is -2.23. The second kappa shape index (κ2) is 10.9. The summed E-state index contributed by atoms with van der Waals surface area (Å²) in [5.41, 5.74) is 4.29. The molecule has 0 spiro atoms. The van der Waals surface area contributed by atoms with Crippen LogP contribution in [-0.4, -0.2) is 49.2 Å². The number of amides is 1. The van der Waals surface area contributed by atoms with Crippen molar-refractivity contribution in [2.24, 2.45) is 0 Å². The number of pyridine rings is 1. The van der Waals surface area contributed by atoms with Crippen LogP contribution < -0.4 is 20.4 Å². The maximum Gasteiger partial charge on any atom is 0.278 e. The van der Waals surface area contributed by atoms with Crippen LogP contribution in [0.25, 0.3) is 0 Å². The molecule has 1 aliphatic rings. The van der Waals surface area contributed by atoms with Crippen molar-refractivity contribution in [3.05, 3.63) is 58.9 Å². The van der Waals surface area contributed by atoms with E-state index in [1.54, 1.807) is 32.0 Å². The number of hydrogen-bond donors (Lipinski definition) is 3. The molecule has 38 heavy (non-hydrogen) atoms. The molecule has 1 fully saturated rings. The number of hydroxylamine groups is 1. The molecule has 3 N–H and O–H groups in total. The predicted molar refractivity (Wildman–Crippen MR) is 143 cm³/mol. The molecular formula is C25H30FN7O4S. The molecule has 0 radical (unpaired) electrons. The van der Waals surface area contributed by atoms with E-state index in [9.17, 15) is 13.2 Å². The molecular weight excluding hydrogens is 513 g/mol. The summed E-state index contributed by atoms with van der Waals surface area (Å²) in [7, 11) is -2.27. The van der Waals surface area contributed by atoms with Gasteiger partial charge in [0, 0.05) is 31.1 Å². The Morgan fingerprint density at radius 1 is 1.11 bits per heavy atom. The van der Waals surface area contributed by atoms with Gasteiger partial charge in [-0.05, 0) is 57.2 Å². The van der Waals surface area contributed by atoms with E-state index >= 15 is 4.39 Å². The molecule has 1 amide bonds. The number of carbonyl (C=O) groups excluding carboxylic acids is 1. The molecule has 0 bridgehead atoms. The van der Waals surface area contributed by atoms with E-state index < -0.39 is 21.7 Å². The Bertz CT molecular complexity index is 1460. The highest BCUT2D eigenvalue weighted by atomic mass is 32.2. The molecule has 0 unspecified atom stereocenters. The van der Waals surface area contributed by atoms with Gasteiger partial charge in [0.15, 0.2) is 0 Å². The van der Waals surface area contributed by atoms with Crippen molar-refractivity contribution >= 4 is 44.6 Å². The molecule has 1 aromatic carbocycles. The molecule has 0 atom stereocenters. The first-order valence-corrected chi connectivity index (χ1v) is 13.9. The fourth-order valence-corrected chi connectivity index (χ4v) is 4.39. The van der Waals surface area contributed by atoms with Crippen LogP contribution in [0.5, 0.6) is 0 Å². The van der Waals surface area contributed by atoms with Crippen molar-refractivity contribution in [1.82, 2.24) is 20.4 Å². The minimum absolute atomic E-state index is 0.0554. The Hall–Kier alpha value is -3.84. The topological polar surface area (TPSA) is 138 Å². The molecule has 202 valence electrons. The first kappa shape index (κ1) is 27.2. The van der Waals surface area contributed by atoms with Crippen LogP contribution in [0.2, 0.25) is 0 Å². The first-order chi connectivity index (χ1) is 18.0. The van der Waals surface area contributed by atoms with E-state index in [0.717, 1.165) is 29.1 Å². The van der Waals surface area contributed by atoms with Crippen LogP contribution in [0.1, 0.15) is 53.1 Å². The van der Waals surface area contributed by atoms with Gasteiger partial charge in [0.05, 0.1) is 35.5 Å². The Morgan fingerprint density at radius 3 is 2.47 bits per heavy atom. The minimum Gasteiger partial charge on any atom is -0.353 e. The third-order valence-corrected chi connectivity index (χ3v) is 7.11. The second-order valence-electron chi connectivity index (χ2n) is 9.07. The summed E-state index contributed by atoms with van der Waals surface area (Å²) in [4.78, 5) is 30.8. The lowest BCUT2D eigenvalue weighted by molar-refractivity contribution is 0.0365. The van der Waals surface area contributed by atoms with Crippen molar-refractivity contribution in [2.45, 2.75) is 39.5 Å². The summed E-state index contributed by atoms with van der Waals surface area (Å²) in [5, 5.41) is 6.13. The summed E-state index contributed by atoms with van der Waals surface area (Å²) in [5.74, 6) is 0.414. The lowest BCUT2D eigenvalue weighted by atomic mass is 10.1. The van der Waals surface area contributed by atoms with E-state index in [1.165, 1.54) is 19.3 Å². The Kier molecular flexibility index (Phi) is 7.78. The third-order valence-electron chi connectivity index (χ3n) is 5.92. The number of nitrogens with zero attached hydrogens (tertiary/aromatic N) is 4.